The van der Waals surface area contributed by atoms with Gasteiger partial charge in [-0.25, -0.2) is 4.89 Å². The highest BCUT2D eigenvalue weighted by atomic mass is 17.2. The molecule has 6 nitrogen and oxygen atoms in total. The van der Waals surface area contributed by atoms with E-state index in [1.54, 1.807) is 19.1 Å². The van der Waals surface area contributed by atoms with Crippen LogP contribution in [-0.4, -0.2) is 17.7 Å². The molecular weight excluding hydrogens is 406 g/mol. The lowest BCUT2D eigenvalue weighted by Gasteiger charge is -2.47. The van der Waals surface area contributed by atoms with Crippen molar-refractivity contribution >= 4 is 17.6 Å². The van der Waals surface area contributed by atoms with Gasteiger partial charge in [-0.1, -0.05) is 78.9 Å². The standard InChI is InChI=1S/C26H25NO5/c1-19(28)30-25(2)23(24(29)27-22-16-10-5-11-17-22)18-26(32-31-25,20-12-6-3-7-13-20)21-14-8-4-9-15-21/h3-17,23H,18H2,1-2H3,(H,27,29)/t23-,25-/m1/s1. The molecular formula is C26H25NO5. The third-order valence-corrected chi connectivity index (χ3v) is 5.66. The number of esters is 1. The van der Waals surface area contributed by atoms with Gasteiger partial charge in [0.25, 0.3) is 5.79 Å². The molecule has 3 aromatic carbocycles. The zero-order valence-corrected chi connectivity index (χ0v) is 18.0. The zero-order chi connectivity index (χ0) is 22.6. The Labute approximate surface area is 187 Å². The molecule has 1 fully saturated rings. The van der Waals surface area contributed by atoms with Gasteiger partial charge in [-0.2, -0.15) is 4.89 Å². The van der Waals surface area contributed by atoms with E-state index in [1.807, 2.05) is 78.9 Å². The number of amides is 1. The second-order valence-electron chi connectivity index (χ2n) is 7.95. The highest BCUT2D eigenvalue weighted by Gasteiger charge is 2.56. The summed E-state index contributed by atoms with van der Waals surface area (Å²) < 4.78 is 5.47. The van der Waals surface area contributed by atoms with Crippen LogP contribution in [0.4, 0.5) is 5.69 Å². The van der Waals surface area contributed by atoms with Gasteiger partial charge in [-0.15, -0.1) is 0 Å². The molecule has 1 heterocycles. The van der Waals surface area contributed by atoms with Gasteiger partial charge in [0.15, 0.2) is 5.60 Å². The summed E-state index contributed by atoms with van der Waals surface area (Å²) in [5, 5.41) is 2.91. The van der Waals surface area contributed by atoms with Gasteiger partial charge in [0.1, 0.15) is 5.92 Å². The maximum absolute atomic E-state index is 13.5. The summed E-state index contributed by atoms with van der Waals surface area (Å²) >= 11 is 0. The summed E-state index contributed by atoms with van der Waals surface area (Å²) in [4.78, 5) is 37.1. The van der Waals surface area contributed by atoms with Crippen LogP contribution >= 0.6 is 0 Å². The van der Waals surface area contributed by atoms with Crippen LogP contribution in [-0.2, 0) is 29.7 Å². The van der Waals surface area contributed by atoms with Gasteiger partial charge < -0.3 is 10.1 Å². The van der Waals surface area contributed by atoms with Gasteiger partial charge >= 0.3 is 5.97 Å². The van der Waals surface area contributed by atoms with Crippen LogP contribution in [0.3, 0.4) is 0 Å². The van der Waals surface area contributed by atoms with E-state index in [0.717, 1.165) is 11.1 Å². The SMILES string of the molecule is CC(=O)O[C@]1(C)OOC(c2ccccc2)(c2ccccc2)C[C@@H]1C(=O)Nc1ccccc1. The fourth-order valence-corrected chi connectivity index (χ4v) is 4.09. The normalized spacial score (nSPS) is 22.0. The molecule has 1 saturated heterocycles. The Bertz CT molecular complexity index is 1030. The average molecular weight is 431 g/mol. The van der Waals surface area contributed by atoms with Gasteiger partial charge in [0, 0.05) is 26.0 Å². The van der Waals surface area contributed by atoms with E-state index in [0.29, 0.717) is 5.69 Å². The molecule has 4 rings (SSSR count). The van der Waals surface area contributed by atoms with Crippen molar-refractivity contribution in [3.05, 3.63) is 102 Å². The lowest BCUT2D eigenvalue weighted by Crippen LogP contribution is -2.56. The molecule has 164 valence electrons. The molecule has 3 aromatic rings. The summed E-state index contributed by atoms with van der Waals surface area (Å²) in [6.45, 7) is 2.82. The Kier molecular flexibility index (Phi) is 6.08. The summed E-state index contributed by atoms with van der Waals surface area (Å²) in [6, 6.07) is 28.3. The van der Waals surface area contributed by atoms with E-state index in [-0.39, 0.29) is 12.3 Å². The number of rotatable bonds is 5. The van der Waals surface area contributed by atoms with Crippen molar-refractivity contribution in [3.63, 3.8) is 0 Å². The molecule has 0 radical (unpaired) electrons. The first-order valence-electron chi connectivity index (χ1n) is 10.5. The molecule has 0 aliphatic carbocycles. The zero-order valence-electron chi connectivity index (χ0n) is 18.0. The minimum absolute atomic E-state index is 0.198. The average Bonchev–Trinajstić information content (AvgIpc) is 2.81. The Balaban J connectivity index is 1.77. The van der Waals surface area contributed by atoms with E-state index < -0.39 is 23.3 Å². The first-order chi connectivity index (χ1) is 15.4. The van der Waals surface area contributed by atoms with Crippen LogP contribution in [0.5, 0.6) is 0 Å². The van der Waals surface area contributed by atoms with Gasteiger partial charge in [0.05, 0.1) is 0 Å². The predicted octanol–water partition coefficient (Wildman–Crippen LogP) is 4.82. The smallest absolute Gasteiger partial charge is 0.305 e. The molecule has 1 aliphatic rings. The summed E-state index contributed by atoms with van der Waals surface area (Å²) in [5.41, 5.74) is 1.22. The van der Waals surface area contributed by atoms with E-state index >= 15 is 0 Å². The van der Waals surface area contributed by atoms with Crippen LogP contribution in [0.25, 0.3) is 0 Å². The van der Waals surface area contributed by atoms with E-state index in [2.05, 4.69) is 5.32 Å². The minimum Gasteiger partial charge on any atom is -0.430 e. The molecule has 0 unspecified atom stereocenters. The number of benzene rings is 3. The maximum Gasteiger partial charge on any atom is 0.305 e. The number of nitrogens with one attached hydrogen (secondary N) is 1. The molecule has 1 N–H and O–H groups in total. The van der Waals surface area contributed by atoms with Gasteiger partial charge in [-0.3, -0.25) is 9.59 Å². The van der Waals surface area contributed by atoms with Crippen molar-refractivity contribution in [2.75, 3.05) is 5.32 Å². The fourth-order valence-electron chi connectivity index (χ4n) is 4.09. The molecule has 2 atom stereocenters. The van der Waals surface area contributed by atoms with Crippen molar-refractivity contribution in [1.29, 1.82) is 0 Å². The highest BCUT2D eigenvalue weighted by molar-refractivity contribution is 5.93. The Morgan fingerprint density at radius 2 is 1.34 bits per heavy atom. The van der Waals surface area contributed by atoms with Crippen LogP contribution in [0.2, 0.25) is 0 Å². The van der Waals surface area contributed by atoms with E-state index in [4.69, 9.17) is 14.5 Å². The summed E-state index contributed by atoms with van der Waals surface area (Å²) in [5.74, 6) is -3.36. The molecule has 0 bridgehead atoms. The lowest BCUT2D eigenvalue weighted by atomic mass is 9.76. The topological polar surface area (TPSA) is 73.9 Å². The van der Waals surface area contributed by atoms with Crippen molar-refractivity contribution in [2.45, 2.75) is 31.7 Å². The maximum atomic E-state index is 13.5. The lowest BCUT2D eigenvalue weighted by molar-refractivity contribution is -0.486. The molecule has 0 aromatic heterocycles. The molecule has 6 heteroatoms. The van der Waals surface area contributed by atoms with Crippen molar-refractivity contribution < 1.29 is 24.1 Å². The second-order valence-corrected chi connectivity index (χ2v) is 7.95. The number of hydrogen-bond acceptors (Lipinski definition) is 5. The third-order valence-electron chi connectivity index (χ3n) is 5.66. The van der Waals surface area contributed by atoms with Crippen LogP contribution < -0.4 is 5.32 Å². The predicted molar refractivity (Wildman–Crippen MR) is 119 cm³/mol. The summed E-state index contributed by atoms with van der Waals surface area (Å²) in [6.07, 6.45) is 0.198. The second kappa shape index (κ2) is 8.94. The number of carbonyl (C=O) groups excluding carboxylic acids is 2. The number of para-hydroxylation sites is 1. The molecule has 0 spiro atoms. The van der Waals surface area contributed by atoms with Crippen LogP contribution in [0.15, 0.2) is 91.0 Å². The number of anilines is 1. The molecule has 1 amide bonds. The fraction of sp³-hybridized carbons (Fsp3) is 0.231. The van der Waals surface area contributed by atoms with Crippen molar-refractivity contribution in [1.82, 2.24) is 0 Å². The first-order valence-corrected chi connectivity index (χ1v) is 10.5. The highest BCUT2D eigenvalue weighted by Crippen LogP contribution is 2.48. The molecule has 32 heavy (non-hydrogen) atoms. The Morgan fingerprint density at radius 1 is 0.844 bits per heavy atom. The van der Waals surface area contributed by atoms with Gasteiger partial charge in [0.2, 0.25) is 5.91 Å². The van der Waals surface area contributed by atoms with Gasteiger partial charge in [-0.05, 0) is 23.3 Å². The van der Waals surface area contributed by atoms with Crippen LogP contribution in [0.1, 0.15) is 31.4 Å². The van der Waals surface area contributed by atoms with Crippen LogP contribution in [0, 0.1) is 5.92 Å². The molecule has 0 saturated carbocycles. The summed E-state index contributed by atoms with van der Waals surface area (Å²) in [7, 11) is 0. The third kappa shape index (κ3) is 4.28. The van der Waals surface area contributed by atoms with Crippen molar-refractivity contribution in [3.8, 4) is 0 Å². The van der Waals surface area contributed by atoms with Crippen molar-refractivity contribution in [2.24, 2.45) is 5.92 Å². The first kappa shape index (κ1) is 21.7. The molecule has 1 aliphatic heterocycles. The monoisotopic (exact) mass is 431 g/mol. The van der Waals surface area contributed by atoms with E-state index in [1.165, 1.54) is 6.92 Å². The Morgan fingerprint density at radius 3 is 1.84 bits per heavy atom. The number of ether oxygens (including phenoxy) is 1. The minimum atomic E-state index is -1.60. The largest absolute Gasteiger partial charge is 0.430 e. The number of carbonyl (C=O) groups is 2. The number of hydrogen-bond donors (Lipinski definition) is 1. The Hall–Kier alpha value is -3.48. The quantitative estimate of drug-likeness (QED) is 0.463. The van der Waals surface area contributed by atoms with E-state index in [9.17, 15) is 9.59 Å².